The number of rotatable bonds is 5. The van der Waals surface area contributed by atoms with Crippen molar-refractivity contribution in [3.8, 4) is 0 Å². The quantitative estimate of drug-likeness (QED) is 0.808. The van der Waals surface area contributed by atoms with Crippen LogP contribution in [0.4, 0.5) is 0 Å². The molecule has 3 heteroatoms. The van der Waals surface area contributed by atoms with E-state index in [1.54, 1.807) is 0 Å². The molecule has 0 spiro atoms. The minimum absolute atomic E-state index is 0.211. The molecule has 0 aromatic heterocycles. The molecule has 0 saturated carbocycles. The Hall–Kier alpha value is -1.19. The van der Waals surface area contributed by atoms with Crippen LogP contribution in [0.25, 0.3) is 0 Å². The molecule has 2 rings (SSSR count). The Bertz CT molecular complexity index is 399. The standard InChI is InChI=1S/C15H21NO2/c1-12-2-4-14(5-3-12)15(18)7-9-16-8-6-13(10-16)11-17/h2-5,13,17H,6-11H2,1H3. The predicted molar refractivity (Wildman–Crippen MR) is 71.8 cm³/mol. The van der Waals surface area contributed by atoms with Crippen LogP contribution in [-0.4, -0.2) is 42.0 Å². The molecule has 1 N–H and O–H groups in total. The minimum Gasteiger partial charge on any atom is -0.396 e. The van der Waals surface area contributed by atoms with Gasteiger partial charge in [0, 0.05) is 31.7 Å². The Kier molecular flexibility index (Phi) is 4.50. The monoisotopic (exact) mass is 247 g/mol. The second-order valence-corrected chi connectivity index (χ2v) is 5.18. The normalized spacial score (nSPS) is 20.2. The fourth-order valence-corrected chi connectivity index (χ4v) is 2.41. The van der Waals surface area contributed by atoms with Crippen LogP contribution in [0.3, 0.4) is 0 Å². The first-order valence-electron chi connectivity index (χ1n) is 6.62. The Morgan fingerprint density at radius 1 is 1.39 bits per heavy atom. The van der Waals surface area contributed by atoms with Gasteiger partial charge in [0.15, 0.2) is 5.78 Å². The number of aliphatic hydroxyl groups is 1. The van der Waals surface area contributed by atoms with Crippen LogP contribution in [0.1, 0.15) is 28.8 Å². The predicted octanol–water partition coefficient (Wildman–Crippen LogP) is 1.88. The summed E-state index contributed by atoms with van der Waals surface area (Å²) in [6, 6.07) is 7.76. The molecule has 0 radical (unpaired) electrons. The highest BCUT2D eigenvalue weighted by molar-refractivity contribution is 5.96. The van der Waals surface area contributed by atoms with Gasteiger partial charge in [0.1, 0.15) is 0 Å². The highest BCUT2D eigenvalue weighted by Gasteiger charge is 2.21. The average molecular weight is 247 g/mol. The summed E-state index contributed by atoms with van der Waals surface area (Å²) in [6.07, 6.45) is 1.62. The number of ketones is 1. The topological polar surface area (TPSA) is 40.5 Å². The second-order valence-electron chi connectivity index (χ2n) is 5.18. The van der Waals surface area contributed by atoms with E-state index in [1.165, 1.54) is 5.56 Å². The molecule has 18 heavy (non-hydrogen) atoms. The molecule has 1 aliphatic rings. The van der Waals surface area contributed by atoms with Crippen molar-refractivity contribution < 1.29 is 9.90 Å². The SMILES string of the molecule is Cc1ccc(C(=O)CCN2CCC(CO)C2)cc1. The van der Waals surface area contributed by atoms with Crippen molar-refractivity contribution in [3.05, 3.63) is 35.4 Å². The van der Waals surface area contributed by atoms with Crippen LogP contribution in [0.15, 0.2) is 24.3 Å². The van der Waals surface area contributed by atoms with Gasteiger partial charge >= 0.3 is 0 Å². The smallest absolute Gasteiger partial charge is 0.164 e. The van der Waals surface area contributed by atoms with Crippen LogP contribution in [0.5, 0.6) is 0 Å². The molecule has 1 aromatic rings. The largest absolute Gasteiger partial charge is 0.396 e. The minimum atomic E-state index is 0.211. The molecule has 1 aromatic carbocycles. The molecular weight excluding hydrogens is 226 g/mol. The maximum atomic E-state index is 12.0. The molecule has 0 bridgehead atoms. The van der Waals surface area contributed by atoms with Gasteiger partial charge in [-0.3, -0.25) is 4.79 Å². The van der Waals surface area contributed by atoms with Gasteiger partial charge in [-0.25, -0.2) is 0 Å². The van der Waals surface area contributed by atoms with Gasteiger partial charge in [-0.15, -0.1) is 0 Å². The summed E-state index contributed by atoms with van der Waals surface area (Å²) < 4.78 is 0. The molecule has 0 aliphatic carbocycles. The summed E-state index contributed by atoms with van der Waals surface area (Å²) in [7, 11) is 0. The van der Waals surface area contributed by atoms with Crippen molar-refractivity contribution in [2.45, 2.75) is 19.8 Å². The Labute approximate surface area is 108 Å². The third-order valence-corrected chi connectivity index (χ3v) is 3.66. The molecule has 98 valence electrons. The van der Waals surface area contributed by atoms with E-state index in [0.29, 0.717) is 12.3 Å². The number of hydrogen-bond donors (Lipinski definition) is 1. The lowest BCUT2D eigenvalue weighted by molar-refractivity contribution is 0.0967. The van der Waals surface area contributed by atoms with Gasteiger partial charge in [-0.05, 0) is 25.8 Å². The molecular formula is C15H21NO2. The number of Topliss-reactive ketones (excluding diaryl/α,β-unsaturated/α-hetero) is 1. The van der Waals surface area contributed by atoms with Crippen LogP contribution in [-0.2, 0) is 0 Å². The summed E-state index contributed by atoms with van der Waals surface area (Å²) in [6.45, 7) is 5.03. The van der Waals surface area contributed by atoms with E-state index >= 15 is 0 Å². The van der Waals surface area contributed by atoms with Gasteiger partial charge in [-0.2, -0.15) is 0 Å². The van der Waals surface area contributed by atoms with E-state index in [9.17, 15) is 4.79 Å². The molecule has 1 saturated heterocycles. The summed E-state index contributed by atoms with van der Waals surface area (Å²) in [4.78, 5) is 14.3. The van der Waals surface area contributed by atoms with E-state index in [1.807, 2.05) is 31.2 Å². The fraction of sp³-hybridized carbons (Fsp3) is 0.533. The summed E-state index contributed by atoms with van der Waals surface area (Å²) in [5.41, 5.74) is 1.98. The second kappa shape index (κ2) is 6.12. The van der Waals surface area contributed by atoms with Crippen molar-refractivity contribution in [1.82, 2.24) is 4.90 Å². The first-order valence-corrected chi connectivity index (χ1v) is 6.62. The first kappa shape index (κ1) is 13.2. The van der Waals surface area contributed by atoms with Crippen molar-refractivity contribution in [2.75, 3.05) is 26.2 Å². The number of carbonyl (C=O) groups is 1. The Morgan fingerprint density at radius 2 is 2.11 bits per heavy atom. The van der Waals surface area contributed by atoms with Gasteiger partial charge in [0.25, 0.3) is 0 Å². The highest BCUT2D eigenvalue weighted by Crippen LogP contribution is 2.16. The number of nitrogens with zero attached hydrogens (tertiary/aromatic N) is 1. The molecule has 1 heterocycles. The van der Waals surface area contributed by atoms with Gasteiger partial charge in [0.2, 0.25) is 0 Å². The lowest BCUT2D eigenvalue weighted by Crippen LogP contribution is -2.24. The molecule has 1 atom stereocenters. The zero-order chi connectivity index (χ0) is 13.0. The lowest BCUT2D eigenvalue weighted by Gasteiger charge is -2.14. The molecule has 1 fully saturated rings. The Balaban J connectivity index is 1.80. The van der Waals surface area contributed by atoms with Crippen molar-refractivity contribution >= 4 is 5.78 Å². The van der Waals surface area contributed by atoms with Crippen LogP contribution in [0.2, 0.25) is 0 Å². The number of aryl methyl sites for hydroxylation is 1. The van der Waals surface area contributed by atoms with Crippen LogP contribution < -0.4 is 0 Å². The molecule has 1 aliphatic heterocycles. The first-order chi connectivity index (χ1) is 8.69. The van der Waals surface area contributed by atoms with Crippen molar-refractivity contribution in [2.24, 2.45) is 5.92 Å². The Morgan fingerprint density at radius 3 is 2.72 bits per heavy atom. The van der Waals surface area contributed by atoms with Crippen molar-refractivity contribution in [3.63, 3.8) is 0 Å². The number of benzene rings is 1. The summed E-state index contributed by atoms with van der Waals surface area (Å²) in [5, 5.41) is 9.07. The average Bonchev–Trinajstić information content (AvgIpc) is 2.85. The summed E-state index contributed by atoms with van der Waals surface area (Å²) in [5.74, 6) is 0.613. The zero-order valence-electron chi connectivity index (χ0n) is 10.9. The van der Waals surface area contributed by atoms with Crippen molar-refractivity contribution in [1.29, 1.82) is 0 Å². The third kappa shape index (κ3) is 3.40. The van der Waals surface area contributed by atoms with E-state index < -0.39 is 0 Å². The third-order valence-electron chi connectivity index (χ3n) is 3.66. The number of carbonyl (C=O) groups excluding carboxylic acids is 1. The molecule has 3 nitrogen and oxygen atoms in total. The van der Waals surface area contributed by atoms with Gasteiger partial charge < -0.3 is 10.0 Å². The lowest BCUT2D eigenvalue weighted by atomic mass is 10.1. The number of likely N-dealkylation sites (tertiary alicyclic amines) is 1. The zero-order valence-corrected chi connectivity index (χ0v) is 10.9. The van der Waals surface area contributed by atoms with E-state index in [2.05, 4.69) is 4.90 Å². The fourth-order valence-electron chi connectivity index (χ4n) is 2.41. The van der Waals surface area contributed by atoms with Gasteiger partial charge in [0.05, 0.1) is 0 Å². The number of hydrogen-bond acceptors (Lipinski definition) is 3. The molecule has 0 amide bonds. The van der Waals surface area contributed by atoms with Gasteiger partial charge in [-0.1, -0.05) is 29.8 Å². The highest BCUT2D eigenvalue weighted by atomic mass is 16.3. The number of aliphatic hydroxyl groups excluding tert-OH is 1. The van der Waals surface area contributed by atoms with E-state index in [-0.39, 0.29) is 12.4 Å². The summed E-state index contributed by atoms with van der Waals surface area (Å²) >= 11 is 0. The van der Waals surface area contributed by atoms with E-state index in [0.717, 1.165) is 31.6 Å². The molecule has 1 unspecified atom stereocenters. The van der Waals surface area contributed by atoms with Crippen LogP contribution >= 0.6 is 0 Å². The van der Waals surface area contributed by atoms with Crippen LogP contribution in [0, 0.1) is 12.8 Å². The maximum Gasteiger partial charge on any atom is 0.164 e. The van der Waals surface area contributed by atoms with E-state index in [4.69, 9.17) is 5.11 Å². The maximum absolute atomic E-state index is 12.0.